The first kappa shape index (κ1) is 13.5. The molecule has 0 spiro atoms. The molecule has 2 aromatic rings. The molecule has 5 nitrogen and oxygen atoms in total. The van der Waals surface area contributed by atoms with Gasteiger partial charge in [-0.05, 0) is 30.7 Å². The van der Waals surface area contributed by atoms with Crippen molar-refractivity contribution in [3.63, 3.8) is 0 Å². The molecule has 1 aromatic heterocycles. The molecule has 0 aliphatic carbocycles. The summed E-state index contributed by atoms with van der Waals surface area (Å²) in [6.45, 7) is 4.71. The van der Waals surface area contributed by atoms with E-state index >= 15 is 0 Å². The second-order valence-corrected chi connectivity index (χ2v) is 4.73. The van der Waals surface area contributed by atoms with Crippen molar-refractivity contribution in [2.24, 2.45) is 11.7 Å². The van der Waals surface area contributed by atoms with E-state index in [-0.39, 0.29) is 11.8 Å². The largest absolute Gasteiger partial charge is 0.441 e. The average molecular weight is 261 g/mol. The number of hydrogen-bond donors (Lipinski definition) is 2. The third-order valence-electron chi connectivity index (χ3n) is 3.07. The van der Waals surface area contributed by atoms with Crippen molar-refractivity contribution >= 4 is 17.0 Å². The normalized spacial score (nSPS) is 12.6. The number of benzene rings is 1. The molecular formula is C14H19N3O2. The molecule has 1 atom stereocenters. The first-order chi connectivity index (χ1) is 9.10. The van der Waals surface area contributed by atoms with E-state index in [0.29, 0.717) is 25.4 Å². The number of nitrogens with one attached hydrogen (secondary N) is 1. The molecule has 1 aromatic carbocycles. The van der Waals surface area contributed by atoms with Gasteiger partial charge in [0.2, 0.25) is 5.91 Å². The van der Waals surface area contributed by atoms with Crippen molar-refractivity contribution in [2.45, 2.75) is 26.8 Å². The first-order valence-electron chi connectivity index (χ1n) is 6.44. The molecule has 5 heteroatoms. The molecule has 0 saturated carbocycles. The van der Waals surface area contributed by atoms with Crippen LogP contribution in [0.2, 0.25) is 0 Å². The summed E-state index contributed by atoms with van der Waals surface area (Å²) in [5, 5.41) is 2.90. The fourth-order valence-electron chi connectivity index (χ4n) is 1.94. The Labute approximate surface area is 112 Å². The summed E-state index contributed by atoms with van der Waals surface area (Å²) in [7, 11) is 0. The second kappa shape index (κ2) is 5.84. The van der Waals surface area contributed by atoms with Crippen LogP contribution in [0, 0.1) is 12.8 Å². The SMILES string of the molecule is Cc1nc2ccc(CNC(=O)C(C)CCN)cc2o1. The minimum Gasteiger partial charge on any atom is -0.441 e. The summed E-state index contributed by atoms with van der Waals surface area (Å²) in [5.74, 6) is 0.619. The van der Waals surface area contributed by atoms with Crippen molar-refractivity contribution in [3.8, 4) is 0 Å². The Hall–Kier alpha value is -1.88. The van der Waals surface area contributed by atoms with Gasteiger partial charge < -0.3 is 15.5 Å². The summed E-state index contributed by atoms with van der Waals surface area (Å²) in [4.78, 5) is 16.0. The van der Waals surface area contributed by atoms with Crippen LogP contribution in [0.15, 0.2) is 22.6 Å². The topological polar surface area (TPSA) is 81.2 Å². The standard InChI is InChI=1S/C14H19N3O2/c1-9(5-6-15)14(18)16-8-11-3-4-12-13(7-11)19-10(2)17-12/h3-4,7,9H,5-6,8,15H2,1-2H3,(H,16,18). The third-order valence-corrected chi connectivity index (χ3v) is 3.07. The summed E-state index contributed by atoms with van der Waals surface area (Å²) in [5.41, 5.74) is 8.02. The number of nitrogens with zero attached hydrogens (tertiary/aromatic N) is 1. The summed E-state index contributed by atoms with van der Waals surface area (Å²) >= 11 is 0. The highest BCUT2D eigenvalue weighted by molar-refractivity contribution is 5.78. The van der Waals surface area contributed by atoms with E-state index in [1.165, 1.54) is 0 Å². The molecule has 1 heterocycles. The molecule has 2 rings (SSSR count). The number of aryl methyl sites for hydroxylation is 1. The fourth-order valence-corrected chi connectivity index (χ4v) is 1.94. The van der Waals surface area contributed by atoms with Gasteiger partial charge in [-0.25, -0.2) is 4.98 Å². The zero-order chi connectivity index (χ0) is 13.8. The third kappa shape index (κ3) is 3.32. The maximum Gasteiger partial charge on any atom is 0.223 e. The maximum atomic E-state index is 11.8. The first-order valence-corrected chi connectivity index (χ1v) is 6.44. The Kier molecular flexibility index (Phi) is 4.16. The lowest BCUT2D eigenvalue weighted by Crippen LogP contribution is -2.29. The van der Waals surface area contributed by atoms with E-state index in [1.54, 1.807) is 0 Å². The van der Waals surface area contributed by atoms with Gasteiger partial charge >= 0.3 is 0 Å². The van der Waals surface area contributed by atoms with Gasteiger partial charge in [-0.1, -0.05) is 13.0 Å². The number of amides is 1. The Morgan fingerprint density at radius 1 is 1.53 bits per heavy atom. The van der Waals surface area contributed by atoms with E-state index in [9.17, 15) is 4.79 Å². The Morgan fingerprint density at radius 3 is 3.05 bits per heavy atom. The number of carbonyl (C=O) groups excluding carboxylic acids is 1. The lowest BCUT2D eigenvalue weighted by atomic mass is 10.1. The Bertz CT molecular complexity index is 577. The van der Waals surface area contributed by atoms with Gasteiger partial charge in [0.15, 0.2) is 11.5 Å². The monoisotopic (exact) mass is 261 g/mol. The molecule has 1 unspecified atom stereocenters. The number of carbonyl (C=O) groups is 1. The highest BCUT2D eigenvalue weighted by atomic mass is 16.3. The van der Waals surface area contributed by atoms with Gasteiger partial charge in [-0.3, -0.25) is 4.79 Å². The lowest BCUT2D eigenvalue weighted by Gasteiger charge is -2.10. The summed E-state index contributed by atoms with van der Waals surface area (Å²) in [6, 6.07) is 5.75. The van der Waals surface area contributed by atoms with E-state index in [1.807, 2.05) is 32.0 Å². The predicted molar refractivity (Wildman–Crippen MR) is 73.4 cm³/mol. The van der Waals surface area contributed by atoms with Crippen LogP contribution in [-0.4, -0.2) is 17.4 Å². The molecular weight excluding hydrogens is 242 g/mol. The molecule has 3 N–H and O–H groups in total. The van der Waals surface area contributed by atoms with Crippen molar-refractivity contribution < 1.29 is 9.21 Å². The molecule has 1 amide bonds. The van der Waals surface area contributed by atoms with Crippen LogP contribution >= 0.6 is 0 Å². The molecule has 0 aliphatic heterocycles. The van der Waals surface area contributed by atoms with Gasteiger partial charge in [0, 0.05) is 19.4 Å². The van der Waals surface area contributed by atoms with Gasteiger partial charge in [0.05, 0.1) is 0 Å². The summed E-state index contributed by atoms with van der Waals surface area (Å²) < 4.78 is 5.46. The minimum absolute atomic E-state index is 0.0271. The highest BCUT2D eigenvalue weighted by Gasteiger charge is 2.11. The molecule has 0 radical (unpaired) electrons. The van der Waals surface area contributed by atoms with Gasteiger partial charge in [0.1, 0.15) is 5.52 Å². The predicted octanol–water partition coefficient (Wildman–Crippen LogP) is 1.74. The van der Waals surface area contributed by atoms with Crippen LogP contribution < -0.4 is 11.1 Å². The fraction of sp³-hybridized carbons (Fsp3) is 0.429. The highest BCUT2D eigenvalue weighted by Crippen LogP contribution is 2.16. The lowest BCUT2D eigenvalue weighted by molar-refractivity contribution is -0.124. The number of aromatic nitrogens is 1. The van der Waals surface area contributed by atoms with Crippen LogP contribution in [0.1, 0.15) is 24.8 Å². The van der Waals surface area contributed by atoms with E-state index in [2.05, 4.69) is 10.3 Å². The van der Waals surface area contributed by atoms with E-state index in [4.69, 9.17) is 10.2 Å². The maximum absolute atomic E-state index is 11.8. The van der Waals surface area contributed by atoms with E-state index < -0.39 is 0 Å². The second-order valence-electron chi connectivity index (χ2n) is 4.73. The van der Waals surface area contributed by atoms with Crippen LogP contribution in [0.4, 0.5) is 0 Å². The Balaban J connectivity index is 1.99. The van der Waals surface area contributed by atoms with Crippen molar-refractivity contribution in [1.29, 1.82) is 0 Å². The van der Waals surface area contributed by atoms with Crippen LogP contribution in [0.5, 0.6) is 0 Å². The number of hydrogen-bond acceptors (Lipinski definition) is 4. The smallest absolute Gasteiger partial charge is 0.223 e. The van der Waals surface area contributed by atoms with Crippen molar-refractivity contribution in [2.75, 3.05) is 6.54 Å². The zero-order valence-electron chi connectivity index (χ0n) is 11.3. The molecule has 0 aliphatic rings. The average Bonchev–Trinajstić information content (AvgIpc) is 2.75. The number of nitrogens with two attached hydrogens (primary N) is 1. The van der Waals surface area contributed by atoms with Crippen LogP contribution in [0.25, 0.3) is 11.1 Å². The molecule has 102 valence electrons. The number of fused-ring (bicyclic) bond motifs is 1. The van der Waals surface area contributed by atoms with Crippen LogP contribution in [-0.2, 0) is 11.3 Å². The number of rotatable bonds is 5. The van der Waals surface area contributed by atoms with E-state index in [0.717, 1.165) is 16.7 Å². The van der Waals surface area contributed by atoms with Crippen molar-refractivity contribution in [3.05, 3.63) is 29.7 Å². The Morgan fingerprint density at radius 2 is 2.32 bits per heavy atom. The van der Waals surface area contributed by atoms with Crippen LogP contribution in [0.3, 0.4) is 0 Å². The van der Waals surface area contributed by atoms with Gasteiger partial charge in [-0.15, -0.1) is 0 Å². The molecule has 19 heavy (non-hydrogen) atoms. The zero-order valence-corrected chi connectivity index (χ0v) is 11.3. The quantitative estimate of drug-likeness (QED) is 0.859. The van der Waals surface area contributed by atoms with Gasteiger partial charge in [-0.2, -0.15) is 0 Å². The molecule has 0 saturated heterocycles. The summed E-state index contributed by atoms with van der Waals surface area (Å²) in [6.07, 6.45) is 0.701. The number of oxazole rings is 1. The molecule has 0 bridgehead atoms. The van der Waals surface area contributed by atoms with Gasteiger partial charge in [0.25, 0.3) is 0 Å². The van der Waals surface area contributed by atoms with Crippen molar-refractivity contribution in [1.82, 2.24) is 10.3 Å². The molecule has 0 fully saturated rings. The minimum atomic E-state index is -0.0544.